The molecule has 0 aliphatic heterocycles. The molecule has 7 heteroatoms. The number of nitrogens with zero attached hydrogens (tertiary/aromatic N) is 1. The Hall–Kier alpha value is -3.76. The van der Waals surface area contributed by atoms with Crippen molar-refractivity contribution in [3.8, 4) is 23.3 Å². The van der Waals surface area contributed by atoms with Gasteiger partial charge in [0.2, 0.25) is 0 Å². The summed E-state index contributed by atoms with van der Waals surface area (Å²) in [7, 11) is 1.54. The van der Waals surface area contributed by atoms with E-state index in [1.54, 1.807) is 36.4 Å². The highest BCUT2D eigenvalue weighted by atomic mass is 79.9. The molecule has 3 aromatic rings. The van der Waals surface area contributed by atoms with E-state index in [1.165, 1.54) is 13.2 Å². The molecule has 0 heterocycles. The lowest BCUT2D eigenvalue weighted by molar-refractivity contribution is -0.112. The quantitative estimate of drug-likeness (QED) is 0.285. The third-order valence-electron chi connectivity index (χ3n) is 4.59. The second kappa shape index (κ2) is 11.7. The number of nitriles is 1. The number of anilines is 1. The van der Waals surface area contributed by atoms with Crippen LogP contribution in [0.5, 0.6) is 17.2 Å². The second-order valence-electron chi connectivity index (χ2n) is 6.88. The molecule has 0 aromatic heterocycles. The van der Waals surface area contributed by atoms with Gasteiger partial charge < -0.3 is 19.5 Å². The van der Waals surface area contributed by atoms with Gasteiger partial charge in [0.05, 0.1) is 13.7 Å². The van der Waals surface area contributed by atoms with Crippen LogP contribution in [0.1, 0.15) is 18.1 Å². The van der Waals surface area contributed by atoms with Crippen LogP contribution in [-0.4, -0.2) is 19.6 Å². The van der Waals surface area contributed by atoms with Crippen molar-refractivity contribution >= 4 is 33.6 Å². The molecule has 0 bridgehead atoms. The minimum Gasteiger partial charge on any atom is -0.494 e. The van der Waals surface area contributed by atoms with Gasteiger partial charge in [-0.3, -0.25) is 4.79 Å². The van der Waals surface area contributed by atoms with Gasteiger partial charge in [0.1, 0.15) is 24.0 Å². The molecule has 3 aromatic carbocycles. The minimum absolute atomic E-state index is 0.0579. The lowest BCUT2D eigenvalue weighted by atomic mass is 10.1. The van der Waals surface area contributed by atoms with Crippen LogP contribution in [0.25, 0.3) is 6.08 Å². The van der Waals surface area contributed by atoms with E-state index in [-0.39, 0.29) is 5.57 Å². The summed E-state index contributed by atoms with van der Waals surface area (Å²) in [6, 6.07) is 22.2. The van der Waals surface area contributed by atoms with E-state index in [0.717, 1.165) is 5.56 Å². The Balaban J connectivity index is 1.80. The normalized spacial score (nSPS) is 10.8. The Morgan fingerprint density at radius 3 is 2.55 bits per heavy atom. The first-order chi connectivity index (χ1) is 16.0. The lowest BCUT2D eigenvalue weighted by Crippen LogP contribution is -2.13. The van der Waals surface area contributed by atoms with Crippen LogP contribution in [0.2, 0.25) is 0 Å². The smallest absolute Gasteiger partial charge is 0.266 e. The van der Waals surface area contributed by atoms with Crippen LogP contribution in [0.15, 0.2) is 76.8 Å². The van der Waals surface area contributed by atoms with E-state index in [0.29, 0.717) is 46.2 Å². The molecule has 0 aliphatic carbocycles. The van der Waals surface area contributed by atoms with Crippen molar-refractivity contribution in [3.05, 3.63) is 87.9 Å². The molecule has 0 spiro atoms. The highest BCUT2D eigenvalue weighted by molar-refractivity contribution is 9.10. The van der Waals surface area contributed by atoms with Crippen LogP contribution < -0.4 is 19.5 Å². The van der Waals surface area contributed by atoms with Crippen molar-refractivity contribution in [2.24, 2.45) is 0 Å². The number of hydrogen-bond acceptors (Lipinski definition) is 5. The first-order valence-electron chi connectivity index (χ1n) is 10.2. The van der Waals surface area contributed by atoms with Gasteiger partial charge in [0, 0.05) is 16.2 Å². The topological polar surface area (TPSA) is 80.6 Å². The van der Waals surface area contributed by atoms with Crippen molar-refractivity contribution in [2.45, 2.75) is 13.5 Å². The molecular formula is C26H23BrN2O4. The maximum atomic E-state index is 12.7. The molecule has 0 saturated heterocycles. The molecule has 33 heavy (non-hydrogen) atoms. The maximum absolute atomic E-state index is 12.7. The summed E-state index contributed by atoms with van der Waals surface area (Å²) in [6.07, 6.45) is 1.50. The number of benzene rings is 3. The van der Waals surface area contributed by atoms with Crippen molar-refractivity contribution in [2.75, 3.05) is 19.0 Å². The third kappa shape index (κ3) is 6.61. The monoisotopic (exact) mass is 506 g/mol. The molecule has 0 fully saturated rings. The number of rotatable bonds is 9. The third-order valence-corrected chi connectivity index (χ3v) is 5.27. The SMILES string of the molecule is CCOc1cccc(NC(=O)/C(C#N)=C\c2cc(OC)c(OCc3ccccc3)cc2Br)c1. The molecule has 168 valence electrons. The van der Waals surface area contributed by atoms with Crippen molar-refractivity contribution in [1.29, 1.82) is 5.26 Å². The predicted octanol–water partition coefficient (Wildman–Crippen LogP) is 5.98. The Morgan fingerprint density at radius 1 is 1.06 bits per heavy atom. The first-order valence-corrected chi connectivity index (χ1v) is 11.0. The van der Waals surface area contributed by atoms with Gasteiger partial charge in [-0.15, -0.1) is 0 Å². The second-order valence-corrected chi connectivity index (χ2v) is 7.74. The van der Waals surface area contributed by atoms with Crippen molar-refractivity contribution in [1.82, 2.24) is 0 Å². The standard InChI is InChI=1S/C26H23BrN2O4/c1-3-32-22-11-7-10-21(14-22)29-26(30)20(16-28)12-19-13-24(31-2)25(15-23(19)27)33-17-18-8-5-4-6-9-18/h4-15H,3,17H2,1-2H3,(H,29,30)/b20-12-. The fraction of sp³-hybridized carbons (Fsp3) is 0.154. The number of carbonyl (C=O) groups is 1. The Kier molecular flexibility index (Phi) is 8.50. The van der Waals surface area contributed by atoms with Crippen LogP contribution in [0.3, 0.4) is 0 Å². The highest BCUT2D eigenvalue weighted by Crippen LogP contribution is 2.35. The molecular weight excluding hydrogens is 484 g/mol. The number of hydrogen-bond donors (Lipinski definition) is 1. The van der Waals surface area contributed by atoms with E-state index in [2.05, 4.69) is 21.2 Å². The number of methoxy groups -OCH3 is 1. The Bertz CT molecular complexity index is 1190. The molecule has 1 amide bonds. The van der Waals surface area contributed by atoms with Gasteiger partial charge in [0.25, 0.3) is 5.91 Å². The largest absolute Gasteiger partial charge is 0.494 e. The average Bonchev–Trinajstić information content (AvgIpc) is 2.83. The van der Waals surface area contributed by atoms with Crippen LogP contribution >= 0.6 is 15.9 Å². The molecule has 0 aliphatic rings. The maximum Gasteiger partial charge on any atom is 0.266 e. The van der Waals surface area contributed by atoms with E-state index >= 15 is 0 Å². The van der Waals surface area contributed by atoms with Gasteiger partial charge in [-0.25, -0.2) is 0 Å². The van der Waals surface area contributed by atoms with Gasteiger partial charge in [-0.05, 0) is 48.4 Å². The Labute approximate surface area is 201 Å². The van der Waals surface area contributed by atoms with Gasteiger partial charge in [-0.1, -0.05) is 52.3 Å². The number of carbonyl (C=O) groups excluding carboxylic acids is 1. The molecule has 0 saturated carbocycles. The first kappa shape index (κ1) is 23.9. The Morgan fingerprint density at radius 2 is 1.85 bits per heavy atom. The number of halogens is 1. The lowest BCUT2D eigenvalue weighted by Gasteiger charge is -2.13. The summed E-state index contributed by atoms with van der Waals surface area (Å²) in [5.41, 5.74) is 2.11. The molecule has 1 N–H and O–H groups in total. The number of ether oxygens (including phenoxy) is 3. The van der Waals surface area contributed by atoms with Gasteiger partial charge >= 0.3 is 0 Å². The van der Waals surface area contributed by atoms with Gasteiger partial charge in [0.15, 0.2) is 11.5 Å². The van der Waals surface area contributed by atoms with E-state index < -0.39 is 5.91 Å². The summed E-state index contributed by atoms with van der Waals surface area (Å²) in [5.74, 6) is 1.14. The summed E-state index contributed by atoms with van der Waals surface area (Å²) in [5, 5.41) is 12.3. The van der Waals surface area contributed by atoms with Crippen LogP contribution in [0, 0.1) is 11.3 Å². The minimum atomic E-state index is -0.526. The van der Waals surface area contributed by atoms with Crippen LogP contribution in [-0.2, 0) is 11.4 Å². The van der Waals surface area contributed by atoms with Crippen molar-refractivity contribution < 1.29 is 19.0 Å². The predicted molar refractivity (Wildman–Crippen MR) is 131 cm³/mol. The van der Waals surface area contributed by atoms with E-state index in [9.17, 15) is 10.1 Å². The zero-order valence-electron chi connectivity index (χ0n) is 18.3. The summed E-state index contributed by atoms with van der Waals surface area (Å²) in [6.45, 7) is 2.78. The average molecular weight is 507 g/mol. The van der Waals surface area contributed by atoms with E-state index in [1.807, 2.05) is 43.3 Å². The fourth-order valence-corrected chi connectivity index (χ4v) is 3.44. The highest BCUT2D eigenvalue weighted by Gasteiger charge is 2.14. The summed E-state index contributed by atoms with van der Waals surface area (Å²) >= 11 is 3.50. The number of amides is 1. The van der Waals surface area contributed by atoms with Gasteiger partial charge in [-0.2, -0.15) is 5.26 Å². The summed E-state index contributed by atoms with van der Waals surface area (Å²) in [4.78, 5) is 12.7. The molecule has 3 rings (SSSR count). The van der Waals surface area contributed by atoms with Crippen LogP contribution in [0.4, 0.5) is 5.69 Å². The fourth-order valence-electron chi connectivity index (χ4n) is 3.00. The van der Waals surface area contributed by atoms with E-state index in [4.69, 9.17) is 14.2 Å². The summed E-state index contributed by atoms with van der Waals surface area (Å²) < 4.78 is 17.5. The zero-order valence-corrected chi connectivity index (χ0v) is 19.9. The molecule has 6 nitrogen and oxygen atoms in total. The zero-order chi connectivity index (χ0) is 23.6. The van der Waals surface area contributed by atoms with Crippen molar-refractivity contribution in [3.63, 3.8) is 0 Å². The molecule has 0 unspecified atom stereocenters. The number of nitrogens with one attached hydrogen (secondary N) is 1. The molecule has 0 radical (unpaired) electrons. The molecule has 0 atom stereocenters.